The second-order valence-corrected chi connectivity index (χ2v) is 4.84. The Morgan fingerprint density at radius 2 is 2.05 bits per heavy atom. The number of likely N-dealkylation sites (tertiary alicyclic amines) is 1. The number of carboxylic acids is 1. The standard InChI is InChI=1S/C13H24N2O4/c1-2-14(8-6-10-16)13(19)15-9-5-3-4-7-11(15)12(17)18/h11,16H,2-10H2,1H3,(H,17,18). The van der Waals surface area contributed by atoms with E-state index in [2.05, 4.69) is 0 Å². The third kappa shape index (κ3) is 4.38. The molecule has 19 heavy (non-hydrogen) atoms. The van der Waals surface area contributed by atoms with Crippen LogP contribution in [0.2, 0.25) is 0 Å². The van der Waals surface area contributed by atoms with Crippen molar-refractivity contribution in [3.63, 3.8) is 0 Å². The van der Waals surface area contributed by atoms with Crippen molar-refractivity contribution >= 4 is 12.0 Å². The number of hydrogen-bond donors (Lipinski definition) is 2. The molecule has 1 saturated heterocycles. The van der Waals surface area contributed by atoms with Gasteiger partial charge in [0.05, 0.1) is 0 Å². The Hall–Kier alpha value is -1.30. The molecule has 2 amide bonds. The van der Waals surface area contributed by atoms with Crippen LogP contribution in [0.15, 0.2) is 0 Å². The monoisotopic (exact) mass is 272 g/mol. The summed E-state index contributed by atoms with van der Waals surface area (Å²) in [5, 5.41) is 18.1. The number of carbonyl (C=O) groups is 2. The van der Waals surface area contributed by atoms with Crippen molar-refractivity contribution in [1.82, 2.24) is 9.80 Å². The Balaban J connectivity index is 2.76. The minimum Gasteiger partial charge on any atom is -0.480 e. The van der Waals surface area contributed by atoms with Crippen LogP contribution >= 0.6 is 0 Å². The van der Waals surface area contributed by atoms with Crippen molar-refractivity contribution < 1.29 is 19.8 Å². The summed E-state index contributed by atoms with van der Waals surface area (Å²) in [6.07, 6.45) is 3.72. The van der Waals surface area contributed by atoms with Crippen LogP contribution in [-0.2, 0) is 4.79 Å². The number of rotatable bonds is 5. The molecule has 0 aromatic heterocycles. The third-order valence-electron chi connectivity index (χ3n) is 3.52. The topological polar surface area (TPSA) is 81.1 Å². The van der Waals surface area contributed by atoms with E-state index in [1.54, 1.807) is 4.90 Å². The first kappa shape index (κ1) is 15.8. The van der Waals surface area contributed by atoms with Crippen molar-refractivity contribution in [2.24, 2.45) is 0 Å². The summed E-state index contributed by atoms with van der Waals surface area (Å²) < 4.78 is 0. The highest BCUT2D eigenvalue weighted by molar-refractivity contribution is 5.82. The van der Waals surface area contributed by atoms with Gasteiger partial charge in [0.25, 0.3) is 0 Å². The number of amides is 2. The maximum Gasteiger partial charge on any atom is 0.326 e. The quantitative estimate of drug-likeness (QED) is 0.786. The van der Waals surface area contributed by atoms with Crippen LogP contribution in [0, 0.1) is 0 Å². The van der Waals surface area contributed by atoms with Crippen LogP contribution < -0.4 is 0 Å². The molecule has 1 heterocycles. The molecule has 0 aliphatic carbocycles. The Bertz CT molecular complexity index is 309. The van der Waals surface area contributed by atoms with Gasteiger partial charge in [0.15, 0.2) is 0 Å². The molecule has 6 heteroatoms. The van der Waals surface area contributed by atoms with Crippen LogP contribution in [0.5, 0.6) is 0 Å². The zero-order valence-electron chi connectivity index (χ0n) is 11.5. The molecule has 1 fully saturated rings. The number of carboxylic acid groups (broad SMARTS) is 1. The van der Waals surface area contributed by atoms with E-state index >= 15 is 0 Å². The number of hydrogen-bond acceptors (Lipinski definition) is 3. The average Bonchev–Trinajstić information content (AvgIpc) is 2.64. The Morgan fingerprint density at radius 3 is 2.63 bits per heavy atom. The van der Waals surface area contributed by atoms with Gasteiger partial charge in [-0.1, -0.05) is 12.8 Å². The van der Waals surface area contributed by atoms with E-state index in [4.69, 9.17) is 5.11 Å². The number of aliphatic carboxylic acids is 1. The lowest BCUT2D eigenvalue weighted by Crippen LogP contribution is -2.51. The van der Waals surface area contributed by atoms with E-state index in [1.807, 2.05) is 6.92 Å². The summed E-state index contributed by atoms with van der Waals surface area (Å²) in [6, 6.07) is -0.927. The van der Waals surface area contributed by atoms with Crippen LogP contribution in [0.4, 0.5) is 4.79 Å². The summed E-state index contributed by atoms with van der Waals surface area (Å²) >= 11 is 0. The maximum absolute atomic E-state index is 12.4. The maximum atomic E-state index is 12.4. The molecule has 2 N–H and O–H groups in total. The molecule has 1 aliphatic rings. The number of nitrogens with zero attached hydrogens (tertiary/aromatic N) is 2. The van der Waals surface area contributed by atoms with Gasteiger partial charge in [-0.2, -0.15) is 0 Å². The van der Waals surface area contributed by atoms with E-state index in [-0.39, 0.29) is 12.6 Å². The molecule has 0 aromatic rings. The minimum atomic E-state index is -0.923. The van der Waals surface area contributed by atoms with Crippen molar-refractivity contribution in [3.05, 3.63) is 0 Å². The van der Waals surface area contributed by atoms with Gasteiger partial charge >= 0.3 is 12.0 Å². The fraction of sp³-hybridized carbons (Fsp3) is 0.846. The number of carbonyl (C=O) groups excluding carboxylic acids is 1. The lowest BCUT2D eigenvalue weighted by atomic mass is 10.1. The van der Waals surface area contributed by atoms with Crippen molar-refractivity contribution in [1.29, 1.82) is 0 Å². The zero-order chi connectivity index (χ0) is 14.3. The zero-order valence-corrected chi connectivity index (χ0v) is 11.5. The summed E-state index contributed by atoms with van der Waals surface area (Å²) in [7, 11) is 0. The molecule has 0 aromatic carbocycles. The highest BCUT2D eigenvalue weighted by Crippen LogP contribution is 2.18. The van der Waals surface area contributed by atoms with Crippen LogP contribution in [0.1, 0.15) is 39.0 Å². The van der Waals surface area contributed by atoms with Gasteiger partial charge < -0.3 is 20.0 Å². The van der Waals surface area contributed by atoms with E-state index < -0.39 is 12.0 Å². The van der Waals surface area contributed by atoms with Crippen molar-refractivity contribution in [2.45, 2.75) is 45.1 Å². The Labute approximate surface area is 114 Å². The second-order valence-electron chi connectivity index (χ2n) is 4.84. The third-order valence-corrected chi connectivity index (χ3v) is 3.52. The highest BCUT2D eigenvalue weighted by atomic mass is 16.4. The van der Waals surface area contributed by atoms with E-state index in [0.717, 1.165) is 19.3 Å². The summed E-state index contributed by atoms with van der Waals surface area (Å²) in [5.41, 5.74) is 0. The second kappa shape index (κ2) is 7.99. The van der Waals surface area contributed by atoms with Crippen LogP contribution in [0.25, 0.3) is 0 Å². The van der Waals surface area contributed by atoms with Gasteiger partial charge in [-0.3, -0.25) is 0 Å². The Morgan fingerprint density at radius 1 is 1.32 bits per heavy atom. The number of aliphatic hydroxyl groups excluding tert-OH is 1. The highest BCUT2D eigenvalue weighted by Gasteiger charge is 2.32. The van der Waals surface area contributed by atoms with Crippen LogP contribution in [-0.4, -0.2) is 64.3 Å². The minimum absolute atomic E-state index is 0.0339. The van der Waals surface area contributed by atoms with Gasteiger partial charge in [-0.25, -0.2) is 9.59 Å². The van der Waals surface area contributed by atoms with Crippen molar-refractivity contribution in [3.8, 4) is 0 Å². The van der Waals surface area contributed by atoms with E-state index in [9.17, 15) is 14.7 Å². The molecule has 0 saturated carbocycles. The molecule has 1 aliphatic heterocycles. The van der Waals surface area contributed by atoms with Gasteiger partial charge in [0.1, 0.15) is 6.04 Å². The Kier molecular flexibility index (Phi) is 6.62. The summed E-state index contributed by atoms with van der Waals surface area (Å²) in [5.74, 6) is -0.923. The molecular formula is C13H24N2O4. The molecule has 6 nitrogen and oxygen atoms in total. The summed E-state index contributed by atoms with van der Waals surface area (Å²) in [4.78, 5) is 26.8. The normalized spacial score (nSPS) is 19.9. The van der Waals surface area contributed by atoms with Crippen molar-refractivity contribution in [2.75, 3.05) is 26.2 Å². The predicted octanol–water partition coefficient (Wildman–Crippen LogP) is 1.14. The first-order valence-corrected chi connectivity index (χ1v) is 7.01. The molecule has 110 valence electrons. The van der Waals surface area contributed by atoms with Gasteiger partial charge in [-0.15, -0.1) is 0 Å². The van der Waals surface area contributed by atoms with Gasteiger partial charge in [-0.05, 0) is 26.2 Å². The SMILES string of the molecule is CCN(CCCO)C(=O)N1CCCCCC1C(=O)O. The first-order valence-electron chi connectivity index (χ1n) is 7.01. The molecule has 0 bridgehead atoms. The van der Waals surface area contributed by atoms with E-state index in [1.165, 1.54) is 4.90 Å². The lowest BCUT2D eigenvalue weighted by molar-refractivity contribution is -0.142. The molecule has 0 radical (unpaired) electrons. The largest absolute Gasteiger partial charge is 0.480 e. The predicted molar refractivity (Wildman–Crippen MR) is 70.9 cm³/mol. The smallest absolute Gasteiger partial charge is 0.326 e. The first-order chi connectivity index (χ1) is 9.11. The average molecular weight is 272 g/mol. The summed E-state index contributed by atoms with van der Waals surface area (Å²) in [6.45, 7) is 3.40. The lowest BCUT2D eigenvalue weighted by Gasteiger charge is -2.32. The molecule has 1 atom stereocenters. The molecular weight excluding hydrogens is 248 g/mol. The molecule has 1 rings (SSSR count). The molecule has 1 unspecified atom stereocenters. The van der Waals surface area contributed by atoms with Crippen LogP contribution in [0.3, 0.4) is 0 Å². The van der Waals surface area contributed by atoms with Gasteiger partial charge in [0, 0.05) is 26.2 Å². The fourth-order valence-electron chi connectivity index (χ4n) is 2.43. The number of aliphatic hydroxyl groups is 1. The fourth-order valence-corrected chi connectivity index (χ4v) is 2.43. The number of urea groups is 1. The van der Waals surface area contributed by atoms with E-state index in [0.29, 0.717) is 32.5 Å². The molecule has 0 spiro atoms. The van der Waals surface area contributed by atoms with Gasteiger partial charge in [0.2, 0.25) is 0 Å².